The molecule has 0 saturated carbocycles. The molecule has 0 aromatic heterocycles. The zero-order valence-corrected chi connectivity index (χ0v) is 27.2. The quantitative estimate of drug-likeness (QED) is 0.234. The summed E-state index contributed by atoms with van der Waals surface area (Å²) in [6.07, 6.45) is 0. The second-order valence-corrected chi connectivity index (χ2v) is 23.6. The Morgan fingerprint density at radius 1 is 0.333 bits per heavy atom. The van der Waals surface area contributed by atoms with Crippen molar-refractivity contribution in [3.05, 3.63) is 117 Å². The van der Waals surface area contributed by atoms with Gasteiger partial charge in [0.15, 0.2) is 0 Å². The molecule has 0 aliphatic heterocycles. The molecular formula is C24H18Cl6OSn2. The molecule has 0 aliphatic carbocycles. The Kier molecular flexibility index (Phi) is 13.1. The molecule has 0 heterocycles. The summed E-state index contributed by atoms with van der Waals surface area (Å²) in [6, 6.07) is 31.2. The van der Waals surface area contributed by atoms with E-state index in [2.05, 4.69) is 0 Å². The summed E-state index contributed by atoms with van der Waals surface area (Å²) in [7, 11) is 13.1. The second kappa shape index (κ2) is 14.7. The molecule has 0 spiro atoms. The molecule has 33 heavy (non-hydrogen) atoms. The van der Waals surface area contributed by atoms with Crippen LogP contribution in [0.2, 0.25) is 20.1 Å². The van der Waals surface area contributed by atoms with Crippen LogP contribution in [0.15, 0.2) is 97.1 Å². The maximum atomic E-state index is 6.55. The van der Waals surface area contributed by atoms with E-state index in [1.807, 2.05) is 97.1 Å². The largest absolute Gasteiger partial charge is 0.412 e. The van der Waals surface area contributed by atoms with Gasteiger partial charge in [-0.25, -0.2) is 0 Å². The summed E-state index contributed by atoms with van der Waals surface area (Å²) in [5.41, 5.74) is 0. The van der Waals surface area contributed by atoms with Crippen LogP contribution in [-0.4, -0.2) is 42.7 Å². The van der Waals surface area contributed by atoms with Gasteiger partial charge in [-0.1, -0.05) is 0 Å². The molecule has 4 rings (SSSR count). The summed E-state index contributed by atoms with van der Waals surface area (Å²) in [5, 5.41) is 2.97. The monoisotopic (exact) mass is 772 g/mol. The third-order valence-corrected chi connectivity index (χ3v) is 20.8. The number of halogens is 6. The average molecular weight is 773 g/mol. The fourth-order valence-electron chi connectivity index (χ4n) is 2.72. The van der Waals surface area contributed by atoms with Gasteiger partial charge in [-0.15, -0.1) is 0 Å². The molecule has 1 nitrogen and oxygen atoms in total. The molecule has 4 aromatic rings. The molecule has 4 aromatic carbocycles. The van der Waals surface area contributed by atoms with Crippen molar-refractivity contribution in [1.82, 2.24) is 0 Å². The van der Waals surface area contributed by atoms with Crippen molar-refractivity contribution in [2.45, 2.75) is 0 Å². The van der Waals surface area contributed by atoms with Crippen molar-refractivity contribution in [3.8, 4) is 0 Å². The van der Waals surface area contributed by atoms with Gasteiger partial charge in [-0.3, -0.25) is 0 Å². The van der Waals surface area contributed by atoms with Gasteiger partial charge in [0.2, 0.25) is 0 Å². The summed E-state index contributed by atoms with van der Waals surface area (Å²) in [4.78, 5) is 0. The molecule has 0 amide bonds. The maximum absolute atomic E-state index is 6.55. The number of hydrogen-bond acceptors (Lipinski definition) is 0. The summed E-state index contributed by atoms with van der Waals surface area (Å²) < 4.78 is 4.87. The molecule has 0 fully saturated rings. The van der Waals surface area contributed by atoms with Gasteiger partial charge >= 0.3 is 233 Å². The second-order valence-electron chi connectivity index (χ2n) is 6.66. The van der Waals surface area contributed by atoms with E-state index in [1.165, 1.54) is 14.3 Å². The Morgan fingerprint density at radius 3 is 0.636 bits per heavy atom. The molecule has 0 bridgehead atoms. The molecule has 9 heteroatoms. The van der Waals surface area contributed by atoms with Crippen LogP contribution in [0.3, 0.4) is 0 Å². The molecule has 0 atom stereocenters. The van der Waals surface area contributed by atoms with Gasteiger partial charge in [0.25, 0.3) is 0 Å². The fraction of sp³-hybridized carbons (Fsp3) is 0. The zero-order valence-electron chi connectivity index (χ0n) is 17.0. The van der Waals surface area contributed by atoms with E-state index in [9.17, 15) is 0 Å². The maximum Gasteiger partial charge on any atom is -0.412 e. The predicted octanol–water partition coefficient (Wildman–Crippen LogP) is 5.85. The standard InChI is InChI=1S/4C6H4Cl.2ClH.H2O.2Sn/c4*7-6-4-2-1-3-5-6;;;;;/h4*2-5H;2*1H;1H2;;/q;;;;;;;2*+1/p-2. The SMILES string of the molecule is Clc1cc[c]([Sn]([Cl])[c]2ccc(Cl)cc2)cc1.Clc1cc[c]([Sn]([Cl])[c]2ccc(Cl)cc2)cc1.O. The van der Waals surface area contributed by atoms with Gasteiger partial charge in [0.05, 0.1) is 0 Å². The van der Waals surface area contributed by atoms with Gasteiger partial charge in [-0.2, -0.15) is 0 Å². The number of benzene rings is 4. The van der Waals surface area contributed by atoms with E-state index in [-0.39, 0.29) is 5.48 Å². The van der Waals surface area contributed by atoms with Gasteiger partial charge < -0.3 is 5.48 Å². The van der Waals surface area contributed by atoms with E-state index in [0.717, 1.165) is 20.1 Å². The molecule has 0 unspecified atom stereocenters. The van der Waals surface area contributed by atoms with Crippen molar-refractivity contribution in [2.75, 3.05) is 0 Å². The zero-order chi connectivity index (χ0) is 23.1. The number of rotatable bonds is 4. The topological polar surface area (TPSA) is 31.5 Å². The first kappa shape index (κ1) is 29.4. The Hall–Kier alpha value is 0.177. The third-order valence-electron chi connectivity index (χ3n) is 4.39. The van der Waals surface area contributed by atoms with E-state index in [4.69, 9.17) is 64.2 Å². The fourth-order valence-corrected chi connectivity index (χ4v) is 13.7. The van der Waals surface area contributed by atoms with E-state index in [0.29, 0.717) is 0 Å². The van der Waals surface area contributed by atoms with Crippen LogP contribution in [0.25, 0.3) is 0 Å². The first-order valence-corrected chi connectivity index (χ1v) is 23.9. The Morgan fingerprint density at radius 2 is 0.485 bits per heavy atom. The Bertz CT molecular complexity index is 938. The van der Waals surface area contributed by atoms with Crippen LogP contribution in [0, 0.1) is 0 Å². The minimum Gasteiger partial charge on any atom is -0.412 e. The Balaban J connectivity index is 0.000000227. The van der Waals surface area contributed by atoms with Crippen molar-refractivity contribution >= 4 is 116 Å². The summed E-state index contributed by atoms with van der Waals surface area (Å²) >= 11 is 19.0. The van der Waals surface area contributed by atoms with Gasteiger partial charge in [0, 0.05) is 0 Å². The molecule has 2 N–H and O–H groups in total. The minimum atomic E-state index is -2.20. The summed E-state index contributed by atoms with van der Waals surface area (Å²) in [5.74, 6) is 0. The van der Waals surface area contributed by atoms with Crippen LogP contribution in [0.4, 0.5) is 0 Å². The van der Waals surface area contributed by atoms with E-state index >= 15 is 0 Å². The van der Waals surface area contributed by atoms with Crippen molar-refractivity contribution in [1.29, 1.82) is 0 Å². The normalized spacial score (nSPS) is 10.4. The van der Waals surface area contributed by atoms with Crippen molar-refractivity contribution < 1.29 is 5.48 Å². The number of hydrogen-bond donors (Lipinski definition) is 0. The summed E-state index contributed by atoms with van der Waals surface area (Å²) in [6.45, 7) is 0. The molecular weight excluding hydrogens is 754 g/mol. The smallest absolute Gasteiger partial charge is 0.412 e. The van der Waals surface area contributed by atoms with E-state index in [1.54, 1.807) is 0 Å². The van der Waals surface area contributed by atoms with Crippen molar-refractivity contribution in [3.63, 3.8) is 0 Å². The first-order valence-electron chi connectivity index (χ1n) is 9.42. The minimum absolute atomic E-state index is 0. The van der Waals surface area contributed by atoms with E-state index < -0.39 is 37.3 Å². The predicted molar refractivity (Wildman–Crippen MR) is 151 cm³/mol. The van der Waals surface area contributed by atoms with Gasteiger partial charge in [-0.05, 0) is 0 Å². The molecule has 2 radical (unpaired) electrons. The van der Waals surface area contributed by atoms with Crippen LogP contribution >= 0.6 is 64.2 Å². The van der Waals surface area contributed by atoms with Crippen LogP contribution in [0.1, 0.15) is 0 Å². The van der Waals surface area contributed by atoms with Crippen LogP contribution in [-0.2, 0) is 0 Å². The molecule has 0 saturated heterocycles. The van der Waals surface area contributed by atoms with Crippen molar-refractivity contribution in [2.24, 2.45) is 0 Å². The third kappa shape index (κ3) is 9.29. The van der Waals surface area contributed by atoms with Crippen LogP contribution in [0.5, 0.6) is 0 Å². The van der Waals surface area contributed by atoms with Crippen LogP contribution < -0.4 is 14.3 Å². The average Bonchev–Trinajstić information content (AvgIpc) is 2.81. The van der Waals surface area contributed by atoms with Gasteiger partial charge in [0.1, 0.15) is 0 Å². The first-order chi connectivity index (χ1) is 15.3. The molecule has 170 valence electrons. The molecule has 0 aliphatic rings. The Labute approximate surface area is 235 Å².